The van der Waals surface area contributed by atoms with Gasteiger partial charge in [0, 0.05) is 10.9 Å². The molecule has 1 aromatic heterocycles. The van der Waals surface area contributed by atoms with Crippen LogP contribution in [0.2, 0.25) is 0 Å². The lowest BCUT2D eigenvalue weighted by molar-refractivity contribution is 0.0916. The average molecular weight is 311 g/mol. The zero-order valence-electron chi connectivity index (χ0n) is 15.3. The highest BCUT2D eigenvalue weighted by Crippen LogP contribution is 2.47. The first-order valence-corrected chi connectivity index (χ1v) is 8.68. The van der Waals surface area contributed by atoms with Crippen LogP contribution in [-0.2, 0) is 5.54 Å². The maximum atomic E-state index is 5.15. The van der Waals surface area contributed by atoms with Gasteiger partial charge in [-0.25, -0.2) is 0 Å². The van der Waals surface area contributed by atoms with E-state index in [2.05, 4.69) is 73.2 Å². The largest absolute Gasteiger partial charge is 0.265 e. The molecule has 3 unspecified atom stereocenters. The summed E-state index contributed by atoms with van der Waals surface area (Å²) in [6, 6.07) is 0. The van der Waals surface area contributed by atoms with Crippen molar-refractivity contribution in [2.75, 3.05) is 0 Å². The van der Waals surface area contributed by atoms with Crippen LogP contribution in [0.25, 0.3) is 0 Å². The molecule has 0 saturated heterocycles. The molecule has 0 aromatic carbocycles. The van der Waals surface area contributed by atoms with Gasteiger partial charge in [-0.15, -0.1) is 0 Å². The van der Waals surface area contributed by atoms with Gasteiger partial charge in [0.25, 0.3) is 0 Å². The van der Waals surface area contributed by atoms with E-state index in [1.54, 1.807) is 0 Å². The highest BCUT2D eigenvalue weighted by atomic mass is 32.1. The van der Waals surface area contributed by atoms with E-state index in [9.17, 15) is 0 Å². The van der Waals surface area contributed by atoms with Crippen molar-refractivity contribution in [3.05, 3.63) is 18.0 Å². The van der Waals surface area contributed by atoms with Crippen LogP contribution in [0.5, 0.6) is 0 Å². The second-order valence-electron chi connectivity index (χ2n) is 7.86. The number of rotatable bonds is 6. The summed E-state index contributed by atoms with van der Waals surface area (Å²) in [5, 5.41) is 4.71. The highest BCUT2D eigenvalue weighted by molar-refractivity contribution is 7.81. The van der Waals surface area contributed by atoms with Crippen molar-refractivity contribution in [1.82, 2.24) is 9.78 Å². The van der Waals surface area contributed by atoms with E-state index >= 15 is 0 Å². The van der Waals surface area contributed by atoms with E-state index in [4.69, 9.17) is 17.7 Å². The Balaban J connectivity index is 3.37. The smallest absolute Gasteiger partial charge is 0.0765 e. The molecule has 0 saturated carbocycles. The van der Waals surface area contributed by atoms with E-state index in [1.165, 1.54) is 5.56 Å². The van der Waals surface area contributed by atoms with Crippen LogP contribution in [0.15, 0.2) is 12.4 Å². The molecule has 0 aliphatic carbocycles. The average Bonchev–Trinajstić information content (AvgIpc) is 2.85. The summed E-state index contributed by atoms with van der Waals surface area (Å²) < 4.78 is 2.02. The van der Waals surface area contributed by atoms with Gasteiger partial charge in [-0.1, -0.05) is 48.5 Å². The molecule has 0 radical (unpaired) electrons. The molecule has 0 N–H and O–H groups in total. The Morgan fingerprint density at radius 3 is 1.90 bits per heavy atom. The number of aromatic nitrogens is 2. The van der Waals surface area contributed by atoms with Crippen LogP contribution in [0.4, 0.5) is 0 Å². The lowest BCUT2D eigenvalue weighted by atomic mass is 9.68. The summed E-state index contributed by atoms with van der Waals surface area (Å²) in [5.74, 6) is 2.02. The topological polar surface area (TPSA) is 17.8 Å². The minimum absolute atomic E-state index is 0.132. The maximum Gasteiger partial charge on any atom is 0.0765 e. The van der Waals surface area contributed by atoms with Gasteiger partial charge in [-0.05, 0) is 43.1 Å². The summed E-state index contributed by atoms with van der Waals surface area (Å²) in [4.78, 5) is 0. The van der Waals surface area contributed by atoms with E-state index in [0.717, 1.165) is 0 Å². The quantitative estimate of drug-likeness (QED) is 0.700. The molecule has 1 rings (SSSR count). The third kappa shape index (κ3) is 3.18. The zero-order chi connectivity index (χ0) is 16.6. The fourth-order valence-electron chi connectivity index (χ4n) is 3.08. The number of thiol groups is 1. The molecule has 0 aliphatic heterocycles. The molecule has 3 atom stereocenters. The highest BCUT2D eigenvalue weighted by Gasteiger charge is 2.50. The fraction of sp³-hybridized carbons (Fsp3) is 0.833. The van der Waals surface area contributed by atoms with Crippen molar-refractivity contribution in [2.45, 2.75) is 78.5 Å². The van der Waals surface area contributed by atoms with Crippen molar-refractivity contribution >= 4 is 12.6 Å². The zero-order valence-corrected chi connectivity index (χ0v) is 16.2. The van der Waals surface area contributed by atoms with E-state index < -0.39 is 0 Å². The van der Waals surface area contributed by atoms with E-state index in [0.29, 0.717) is 23.7 Å². The minimum atomic E-state index is -0.143. The lowest BCUT2D eigenvalue weighted by Gasteiger charge is -2.51. The van der Waals surface area contributed by atoms with Gasteiger partial charge >= 0.3 is 0 Å². The number of hydrogen-bond acceptors (Lipinski definition) is 2. The molecule has 3 heteroatoms. The predicted octanol–water partition coefficient (Wildman–Crippen LogP) is 5.36. The van der Waals surface area contributed by atoms with Crippen LogP contribution in [-0.4, -0.2) is 14.5 Å². The Morgan fingerprint density at radius 1 is 1.05 bits per heavy atom. The summed E-state index contributed by atoms with van der Waals surface area (Å²) >= 11 is 5.15. The summed E-state index contributed by atoms with van der Waals surface area (Å²) in [5.41, 5.74) is 1.16. The van der Waals surface area contributed by atoms with E-state index in [-0.39, 0.29) is 10.3 Å². The van der Waals surface area contributed by atoms with Crippen molar-refractivity contribution in [3.63, 3.8) is 0 Å². The van der Waals surface area contributed by atoms with Crippen molar-refractivity contribution in [3.8, 4) is 0 Å². The molecule has 122 valence electrons. The second kappa shape index (κ2) is 6.36. The summed E-state index contributed by atoms with van der Waals surface area (Å²) in [7, 11) is 0. The lowest BCUT2D eigenvalue weighted by Crippen LogP contribution is -2.56. The van der Waals surface area contributed by atoms with Crippen LogP contribution in [0, 0.1) is 17.8 Å². The van der Waals surface area contributed by atoms with Gasteiger partial charge in [-0.3, -0.25) is 4.68 Å². The Labute approximate surface area is 137 Å². The van der Waals surface area contributed by atoms with Gasteiger partial charge in [0.15, 0.2) is 0 Å². The monoisotopic (exact) mass is 310 g/mol. The SMILES string of the molecule is CC(C)c1cnn(C(C)(C(C)C)C(C)(S)C(C)C(C)C)c1. The molecular formula is C18H34N2S. The maximum absolute atomic E-state index is 5.15. The third-order valence-corrected chi connectivity index (χ3v) is 6.64. The Bertz CT molecular complexity index is 460. The predicted molar refractivity (Wildman–Crippen MR) is 96.2 cm³/mol. The van der Waals surface area contributed by atoms with Crippen molar-refractivity contribution < 1.29 is 0 Å². The first-order chi connectivity index (χ1) is 9.46. The van der Waals surface area contributed by atoms with Gasteiger partial charge in [-0.2, -0.15) is 17.7 Å². The van der Waals surface area contributed by atoms with E-state index in [1.807, 2.05) is 6.20 Å². The second-order valence-corrected chi connectivity index (χ2v) is 8.78. The minimum Gasteiger partial charge on any atom is -0.265 e. The van der Waals surface area contributed by atoms with Crippen LogP contribution in [0.3, 0.4) is 0 Å². The Hall–Kier alpha value is -0.440. The third-order valence-electron chi connectivity index (χ3n) is 5.78. The molecule has 1 aromatic rings. The summed E-state index contributed by atoms with van der Waals surface area (Å²) in [6.07, 6.45) is 4.22. The molecule has 0 spiro atoms. The van der Waals surface area contributed by atoms with Gasteiger partial charge in [0.05, 0.1) is 11.7 Å². The van der Waals surface area contributed by atoms with Crippen LogP contribution >= 0.6 is 12.6 Å². The molecule has 0 bridgehead atoms. The van der Waals surface area contributed by atoms with Crippen molar-refractivity contribution in [2.24, 2.45) is 17.8 Å². The molecule has 0 amide bonds. The molecule has 1 heterocycles. The van der Waals surface area contributed by atoms with Gasteiger partial charge < -0.3 is 0 Å². The summed E-state index contributed by atoms with van der Waals surface area (Å²) in [6.45, 7) is 20.4. The number of nitrogens with zero attached hydrogens (tertiary/aromatic N) is 2. The normalized spacial score (nSPS) is 19.9. The van der Waals surface area contributed by atoms with Gasteiger partial charge in [0.2, 0.25) is 0 Å². The molecular weight excluding hydrogens is 276 g/mol. The number of hydrogen-bond donors (Lipinski definition) is 1. The first-order valence-electron chi connectivity index (χ1n) is 8.23. The van der Waals surface area contributed by atoms with Crippen LogP contribution < -0.4 is 0 Å². The molecule has 0 aliphatic rings. The fourth-order valence-corrected chi connectivity index (χ4v) is 3.74. The van der Waals surface area contributed by atoms with Gasteiger partial charge in [0.1, 0.15) is 0 Å². The molecule has 21 heavy (non-hydrogen) atoms. The standard InChI is InChI=1S/C18H34N2S/c1-12(2)15(7)18(9,21)17(8,14(5)6)20-11-16(10-19-20)13(3)4/h10-15,21H,1-9H3. The first kappa shape index (κ1) is 18.6. The molecule has 2 nitrogen and oxygen atoms in total. The molecule has 0 fully saturated rings. The Kier molecular flexibility index (Phi) is 5.63. The van der Waals surface area contributed by atoms with Crippen molar-refractivity contribution in [1.29, 1.82) is 0 Å². The Morgan fingerprint density at radius 2 is 1.57 bits per heavy atom. The van der Waals surface area contributed by atoms with Crippen LogP contribution in [0.1, 0.15) is 73.8 Å².